The Kier molecular flexibility index (Phi) is 7.15. The van der Waals surface area contributed by atoms with Crippen LogP contribution in [0.4, 0.5) is 0 Å². The molecule has 1 aliphatic heterocycles. The monoisotopic (exact) mass is 263 g/mol. The molecule has 0 spiro atoms. The van der Waals surface area contributed by atoms with Gasteiger partial charge in [-0.05, 0) is 25.8 Å². The Balaban J connectivity index is 0.00000256. The van der Waals surface area contributed by atoms with E-state index in [0.717, 1.165) is 25.8 Å². The van der Waals surface area contributed by atoms with Crippen LogP contribution >= 0.6 is 12.4 Å². The minimum Gasteiger partial charge on any atom is -0.355 e. The Morgan fingerprint density at radius 2 is 1.94 bits per heavy atom. The molecular weight excluding hydrogens is 242 g/mol. The lowest BCUT2D eigenvalue weighted by Crippen LogP contribution is -2.54. The van der Waals surface area contributed by atoms with Crippen LogP contribution in [-0.2, 0) is 9.59 Å². The molecule has 1 atom stereocenters. The van der Waals surface area contributed by atoms with Crippen LogP contribution in [0.1, 0.15) is 33.1 Å². The summed E-state index contributed by atoms with van der Waals surface area (Å²) in [6.07, 6.45) is 2.75. The van der Waals surface area contributed by atoms with E-state index in [1.54, 1.807) is 0 Å². The highest BCUT2D eigenvalue weighted by Crippen LogP contribution is 2.22. The SMILES string of the molecule is CCC1(C(=O)NCCNC(C)=O)CCCN1.Cl. The van der Waals surface area contributed by atoms with Crippen LogP contribution < -0.4 is 16.0 Å². The van der Waals surface area contributed by atoms with Crippen molar-refractivity contribution in [3.63, 3.8) is 0 Å². The molecule has 2 amide bonds. The van der Waals surface area contributed by atoms with Gasteiger partial charge < -0.3 is 16.0 Å². The molecule has 1 unspecified atom stereocenters. The summed E-state index contributed by atoms with van der Waals surface area (Å²) in [5, 5.41) is 8.77. The Bertz CT molecular complexity index is 265. The van der Waals surface area contributed by atoms with Gasteiger partial charge >= 0.3 is 0 Å². The zero-order chi connectivity index (χ0) is 12.0. The smallest absolute Gasteiger partial charge is 0.240 e. The highest BCUT2D eigenvalue weighted by atomic mass is 35.5. The molecule has 100 valence electrons. The first kappa shape index (κ1) is 16.2. The molecule has 0 aromatic heterocycles. The Morgan fingerprint density at radius 1 is 1.29 bits per heavy atom. The maximum Gasteiger partial charge on any atom is 0.240 e. The van der Waals surface area contributed by atoms with E-state index in [-0.39, 0.29) is 29.8 Å². The van der Waals surface area contributed by atoms with Gasteiger partial charge in [-0.25, -0.2) is 0 Å². The van der Waals surface area contributed by atoms with Gasteiger partial charge in [0.15, 0.2) is 0 Å². The fraction of sp³-hybridized carbons (Fsp3) is 0.818. The Labute approximate surface area is 109 Å². The van der Waals surface area contributed by atoms with E-state index in [1.165, 1.54) is 6.92 Å². The van der Waals surface area contributed by atoms with Crippen LogP contribution in [0.3, 0.4) is 0 Å². The molecule has 1 fully saturated rings. The van der Waals surface area contributed by atoms with Gasteiger partial charge in [-0.3, -0.25) is 9.59 Å². The maximum atomic E-state index is 12.0. The average Bonchev–Trinajstić information content (AvgIpc) is 2.73. The molecule has 3 N–H and O–H groups in total. The summed E-state index contributed by atoms with van der Waals surface area (Å²) in [4.78, 5) is 22.6. The molecule has 1 aliphatic rings. The van der Waals surface area contributed by atoms with Crippen LogP contribution in [0.2, 0.25) is 0 Å². The third kappa shape index (κ3) is 4.52. The van der Waals surface area contributed by atoms with Crippen molar-refractivity contribution < 1.29 is 9.59 Å². The first-order valence-electron chi connectivity index (χ1n) is 5.88. The fourth-order valence-electron chi connectivity index (χ4n) is 2.05. The van der Waals surface area contributed by atoms with E-state index in [4.69, 9.17) is 0 Å². The van der Waals surface area contributed by atoms with Crippen LogP contribution in [0.25, 0.3) is 0 Å². The molecule has 1 saturated heterocycles. The van der Waals surface area contributed by atoms with Crippen molar-refractivity contribution in [2.75, 3.05) is 19.6 Å². The van der Waals surface area contributed by atoms with Crippen molar-refractivity contribution in [3.8, 4) is 0 Å². The predicted molar refractivity (Wildman–Crippen MR) is 69.2 cm³/mol. The number of halogens is 1. The van der Waals surface area contributed by atoms with Gasteiger partial charge in [0.2, 0.25) is 11.8 Å². The van der Waals surface area contributed by atoms with Gasteiger partial charge in [-0.15, -0.1) is 12.4 Å². The van der Waals surface area contributed by atoms with Crippen LogP contribution in [0.15, 0.2) is 0 Å². The van der Waals surface area contributed by atoms with Gasteiger partial charge in [-0.2, -0.15) is 0 Å². The summed E-state index contributed by atoms with van der Waals surface area (Å²) in [6, 6.07) is 0. The summed E-state index contributed by atoms with van der Waals surface area (Å²) in [6.45, 7) is 5.37. The lowest BCUT2D eigenvalue weighted by molar-refractivity contribution is -0.127. The maximum absolute atomic E-state index is 12.0. The van der Waals surface area contributed by atoms with Crippen LogP contribution in [0.5, 0.6) is 0 Å². The second kappa shape index (κ2) is 7.50. The number of amides is 2. The summed E-state index contributed by atoms with van der Waals surface area (Å²) < 4.78 is 0. The first-order valence-corrected chi connectivity index (χ1v) is 5.88. The lowest BCUT2D eigenvalue weighted by Gasteiger charge is -2.26. The second-order valence-electron chi connectivity index (χ2n) is 4.20. The van der Waals surface area contributed by atoms with E-state index < -0.39 is 0 Å². The third-order valence-corrected chi connectivity index (χ3v) is 3.07. The highest BCUT2D eigenvalue weighted by Gasteiger charge is 2.38. The number of carbonyl (C=O) groups excluding carboxylic acids is 2. The van der Waals surface area contributed by atoms with Gasteiger partial charge in [0.25, 0.3) is 0 Å². The predicted octanol–water partition coefficient (Wildman–Crippen LogP) is 0.193. The van der Waals surface area contributed by atoms with E-state index in [0.29, 0.717) is 13.1 Å². The normalized spacial score (nSPS) is 22.7. The van der Waals surface area contributed by atoms with E-state index in [9.17, 15) is 9.59 Å². The zero-order valence-electron chi connectivity index (χ0n) is 10.5. The number of carbonyl (C=O) groups is 2. The van der Waals surface area contributed by atoms with E-state index >= 15 is 0 Å². The van der Waals surface area contributed by atoms with Gasteiger partial charge in [0, 0.05) is 20.0 Å². The molecule has 0 bridgehead atoms. The summed E-state index contributed by atoms with van der Waals surface area (Å²) in [7, 11) is 0. The van der Waals surface area contributed by atoms with Gasteiger partial charge in [0.1, 0.15) is 0 Å². The summed E-state index contributed by atoms with van der Waals surface area (Å²) in [5.74, 6) is -0.0173. The van der Waals surface area contributed by atoms with Crippen molar-refractivity contribution in [2.24, 2.45) is 0 Å². The molecule has 1 heterocycles. The van der Waals surface area contributed by atoms with Crippen LogP contribution in [-0.4, -0.2) is 37.0 Å². The fourth-order valence-corrected chi connectivity index (χ4v) is 2.05. The minimum atomic E-state index is -0.379. The molecular formula is C11H22ClN3O2. The molecule has 0 aliphatic carbocycles. The van der Waals surface area contributed by atoms with Gasteiger partial charge in [-0.1, -0.05) is 6.92 Å². The quantitative estimate of drug-likeness (QED) is 0.621. The topological polar surface area (TPSA) is 70.2 Å². The summed E-state index contributed by atoms with van der Waals surface area (Å²) in [5.41, 5.74) is -0.379. The van der Waals surface area contributed by atoms with E-state index in [1.807, 2.05) is 6.92 Å². The Morgan fingerprint density at radius 3 is 2.41 bits per heavy atom. The molecule has 0 saturated carbocycles. The van der Waals surface area contributed by atoms with Crippen LogP contribution in [0, 0.1) is 0 Å². The molecule has 0 aromatic rings. The number of rotatable bonds is 5. The van der Waals surface area contributed by atoms with E-state index in [2.05, 4.69) is 16.0 Å². The lowest BCUT2D eigenvalue weighted by atomic mass is 9.93. The van der Waals surface area contributed by atoms with Gasteiger partial charge in [0.05, 0.1) is 5.54 Å². The molecule has 0 aromatic carbocycles. The number of nitrogens with one attached hydrogen (secondary N) is 3. The van der Waals surface area contributed by atoms with Crippen molar-refractivity contribution in [1.82, 2.24) is 16.0 Å². The highest BCUT2D eigenvalue weighted by molar-refractivity contribution is 5.86. The summed E-state index contributed by atoms with van der Waals surface area (Å²) >= 11 is 0. The van der Waals surface area contributed by atoms with Crippen molar-refractivity contribution in [1.29, 1.82) is 0 Å². The third-order valence-electron chi connectivity index (χ3n) is 3.07. The minimum absolute atomic E-state index is 0. The van der Waals surface area contributed by atoms with Crippen molar-refractivity contribution in [3.05, 3.63) is 0 Å². The standard InChI is InChI=1S/C11H21N3O2.ClH/c1-3-11(5-4-6-14-11)10(16)13-8-7-12-9(2)15;/h14H,3-8H2,1-2H3,(H,12,15)(H,13,16);1H. The number of hydrogen-bond acceptors (Lipinski definition) is 3. The average molecular weight is 264 g/mol. The first-order chi connectivity index (χ1) is 7.60. The largest absolute Gasteiger partial charge is 0.355 e. The van der Waals surface area contributed by atoms with Crippen molar-refractivity contribution >= 4 is 24.2 Å². The Hall–Kier alpha value is -0.810. The second-order valence-corrected chi connectivity index (χ2v) is 4.20. The molecule has 6 heteroatoms. The molecule has 1 rings (SSSR count). The van der Waals surface area contributed by atoms with Crippen molar-refractivity contribution in [2.45, 2.75) is 38.6 Å². The zero-order valence-corrected chi connectivity index (χ0v) is 11.3. The molecule has 5 nitrogen and oxygen atoms in total. The molecule has 0 radical (unpaired) electrons. The number of hydrogen-bond donors (Lipinski definition) is 3. The molecule has 17 heavy (non-hydrogen) atoms.